The van der Waals surface area contributed by atoms with Crippen LogP contribution in [0.25, 0.3) is 0 Å². The van der Waals surface area contributed by atoms with Crippen LogP contribution in [0.4, 0.5) is 0 Å². The summed E-state index contributed by atoms with van der Waals surface area (Å²) in [5.74, 6) is 0.322. The summed E-state index contributed by atoms with van der Waals surface area (Å²) in [6, 6.07) is 0. The van der Waals surface area contributed by atoms with Crippen LogP contribution in [-0.2, 0) is 14.3 Å². The third-order valence-electron chi connectivity index (χ3n) is 3.70. The SMILES string of the molecule is O=C1CCCN1CCCCOCN1CCCCOC1. The molecule has 2 saturated heterocycles. The van der Waals surface area contributed by atoms with E-state index in [4.69, 9.17) is 9.47 Å². The summed E-state index contributed by atoms with van der Waals surface area (Å²) in [5, 5.41) is 0. The predicted octanol–water partition coefficient (Wildman–Crippen LogP) is 1.43. The van der Waals surface area contributed by atoms with Gasteiger partial charge in [-0.15, -0.1) is 0 Å². The molecule has 0 aromatic carbocycles. The minimum atomic E-state index is 0.322. The molecule has 110 valence electrons. The van der Waals surface area contributed by atoms with Crippen LogP contribution in [0, 0.1) is 0 Å². The van der Waals surface area contributed by atoms with Crippen molar-refractivity contribution >= 4 is 5.91 Å². The van der Waals surface area contributed by atoms with Crippen LogP contribution in [0.2, 0.25) is 0 Å². The molecule has 0 radical (unpaired) electrons. The molecule has 0 aliphatic carbocycles. The first-order valence-electron chi connectivity index (χ1n) is 7.52. The van der Waals surface area contributed by atoms with Gasteiger partial charge in [0, 0.05) is 39.3 Å². The number of amides is 1. The normalized spacial score (nSPS) is 21.9. The molecule has 0 bridgehead atoms. The number of nitrogens with zero attached hydrogens (tertiary/aromatic N) is 2. The first-order chi connectivity index (χ1) is 9.36. The van der Waals surface area contributed by atoms with E-state index in [9.17, 15) is 4.79 Å². The van der Waals surface area contributed by atoms with Crippen molar-refractivity contribution in [3.63, 3.8) is 0 Å². The number of hydrogen-bond donors (Lipinski definition) is 0. The van der Waals surface area contributed by atoms with E-state index < -0.39 is 0 Å². The van der Waals surface area contributed by atoms with Crippen LogP contribution in [-0.4, -0.2) is 62.0 Å². The van der Waals surface area contributed by atoms with Gasteiger partial charge < -0.3 is 14.4 Å². The Labute approximate surface area is 115 Å². The molecule has 0 aromatic heterocycles. The van der Waals surface area contributed by atoms with Gasteiger partial charge in [-0.05, 0) is 32.1 Å². The number of carbonyl (C=O) groups excluding carboxylic acids is 1. The lowest BCUT2D eigenvalue weighted by Gasteiger charge is -2.19. The molecule has 1 amide bonds. The topological polar surface area (TPSA) is 42.0 Å². The van der Waals surface area contributed by atoms with E-state index in [1.807, 2.05) is 4.90 Å². The Bertz CT molecular complexity index is 265. The smallest absolute Gasteiger partial charge is 0.222 e. The Morgan fingerprint density at radius 3 is 2.95 bits per heavy atom. The standard InChI is InChI=1S/C14H26N2O3/c17-14-6-5-9-16(14)8-2-4-11-19-13-15-7-1-3-10-18-12-15/h1-13H2. The number of likely N-dealkylation sites (tertiary alicyclic amines) is 1. The van der Waals surface area contributed by atoms with Gasteiger partial charge >= 0.3 is 0 Å². The zero-order valence-corrected chi connectivity index (χ0v) is 11.8. The highest BCUT2D eigenvalue weighted by atomic mass is 16.5. The summed E-state index contributed by atoms with van der Waals surface area (Å²) in [5.41, 5.74) is 0. The quantitative estimate of drug-likeness (QED) is 0.656. The summed E-state index contributed by atoms with van der Waals surface area (Å²) in [6.07, 6.45) is 6.19. The minimum absolute atomic E-state index is 0.322. The molecule has 0 N–H and O–H groups in total. The molecule has 0 saturated carbocycles. The van der Waals surface area contributed by atoms with E-state index >= 15 is 0 Å². The van der Waals surface area contributed by atoms with Gasteiger partial charge in [0.1, 0.15) is 13.5 Å². The second-order valence-corrected chi connectivity index (χ2v) is 5.37. The number of carbonyl (C=O) groups is 1. The second kappa shape index (κ2) is 8.51. The molecule has 0 spiro atoms. The molecule has 0 aromatic rings. The molecule has 5 nitrogen and oxygen atoms in total. The molecule has 2 heterocycles. The van der Waals surface area contributed by atoms with Gasteiger partial charge in [-0.25, -0.2) is 0 Å². The molecule has 19 heavy (non-hydrogen) atoms. The van der Waals surface area contributed by atoms with Gasteiger partial charge in [-0.3, -0.25) is 9.69 Å². The average Bonchev–Trinajstić information content (AvgIpc) is 2.67. The van der Waals surface area contributed by atoms with Gasteiger partial charge in [-0.2, -0.15) is 0 Å². The van der Waals surface area contributed by atoms with E-state index in [1.54, 1.807) is 0 Å². The summed E-state index contributed by atoms with van der Waals surface area (Å²) in [4.78, 5) is 15.6. The predicted molar refractivity (Wildman–Crippen MR) is 72.6 cm³/mol. The Morgan fingerprint density at radius 2 is 2.11 bits per heavy atom. The van der Waals surface area contributed by atoms with E-state index in [1.165, 1.54) is 6.42 Å². The summed E-state index contributed by atoms with van der Waals surface area (Å²) >= 11 is 0. The van der Waals surface area contributed by atoms with Crippen LogP contribution in [0.1, 0.15) is 38.5 Å². The summed E-state index contributed by atoms with van der Waals surface area (Å²) in [7, 11) is 0. The van der Waals surface area contributed by atoms with Crippen LogP contribution >= 0.6 is 0 Å². The summed E-state index contributed by atoms with van der Waals surface area (Å²) < 4.78 is 11.1. The molecule has 2 rings (SSSR count). The zero-order valence-electron chi connectivity index (χ0n) is 11.8. The number of hydrogen-bond acceptors (Lipinski definition) is 4. The molecular weight excluding hydrogens is 244 g/mol. The lowest BCUT2D eigenvalue weighted by atomic mass is 10.3. The van der Waals surface area contributed by atoms with Crippen molar-refractivity contribution in [1.29, 1.82) is 0 Å². The van der Waals surface area contributed by atoms with Crippen LogP contribution < -0.4 is 0 Å². The van der Waals surface area contributed by atoms with Gasteiger partial charge in [0.15, 0.2) is 0 Å². The lowest BCUT2D eigenvalue weighted by molar-refractivity contribution is -0.127. The average molecular weight is 270 g/mol. The summed E-state index contributed by atoms with van der Waals surface area (Å²) in [6.45, 7) is 5.94. The monoisotopic (exact) mass is 270 g/mol. The van der Waals surface area contributed by atoms with E-state index in [0.717, 1.165) is 65.0 Å². The van der Waals surface area contributed by atoms with E-state index in [-0.39, 0.29) is 0 Å². The van der Waals surface area contributed by atoms with Gasteiger partial charge in [0.2, 0.25) is 5.91 Å². The maximum absolute atomic E-state index is 11.4. The fourth-order valence-corrected chi connectivity index (χ4v) is 2.54. The van der Waals surface area contributed by atoms with Crippen LogP contribution in [0.5, 0.6) is 0 Å². The van der Waals surface area contributed by atoms with Gasteiger partial charge in [0.25, 0.3) is 0 Å². The van der Waals surface area contributed by atoms with Crippen molar-refractivity contribution in [2.75, 3.05) is 46.3 Å². The van der Waals surface area contributed by atoms with Crippen molar-refractivity contribution in [2.45, 2.75) is 38.5 Å². The van der Waals surface area contributed by atoms with Crippen molar-refractivity contribution in [3.05, 3.63) is 0 Å². The fraction of sp³-hybridized carbons (Fsp3) is 0.929. The van der Waals surface area contributed by atoms with Gasteiger partial charge in [-0.1, -0.05) is 0 Å². The van der Waals surface area contributed by atoms with Crippen molar-refractivity contribution in [2.24, 2.45) is 0 Å². The van der Waals surface area contributed by atoms with E-state index in [2.05, 4.69) is 4.90 Å². The number of unbranched alkanes of at least 4 members (excludes halogenated alkanes) is 1. The Balaban J connectivity index is 1.44. The highest BCUT2D eigenvalue weighted by Crippen LogP contribution is 2.10. The Kier molecular flexibility index (Phi) is 6.61. The highest BCUT2D eigenvalue weighted by molar-refractivity contribution is 5.77. The number of rotatable bonds is 7. The number of ether oxygens (including phenoxy) is 2. The maximum Gasteiger partial charge on any atom is 0.222 e. The second-order valence-electron chi connectivity index (χ2n) is 5.37. The van der Waals surface area contributed by atoms with Crippen LogP contribution in [0.3, 0.4) is 0 Å². The molecule has 0 unspecified atom stereocenters. The lowest BCUT2D eigenvalue weighted by Crippen LogP contribution is -2.29. The Hall–Kier alpha value is -0.650. The maximum atomic E-state index is 11.4. The van der Waals surface area contributed by atoms with Crippen LogP contribution in [0.15, 0.2) is 0 Å². The van der Waals surface area contributed by atoms with Crippen molar-refractivity contribution in [3.8, 4) is 0 Å². The fourth-order valence-electron chi connectivity index (χ4n) is 2.54. The molecule has 2 aliphatic heterocycles. The third-order valence-corrected chi connectivity index (χ3v) is 3.70. The van der Waals surface area contributed by atoms with E-state index in [0.29, 0.717) is 19.4 Å². The molecule has 5 heteroatoms. The first-order valence-corrected chi connectivity index (χ1v) is 7.52. The zero-order chi connectivity index (χ0) is 13.3. The van der Waals surface area contributed by atoms with Gasteiger partial charge in [0.05, 0.1) is 0 Å². The molecule has 2 fully saturated rings. The molecule has 2 aliphatic rings. The molecule has 0 atom stereocenters. The highest BCUT2D eigenvalue weighted by Gasteiger charge is 2.18. The largest absolute Gasteiger partial charge is 0.366 e. The third kappa shape index (κ3) is 5.47. The van der Waals surface area contributed by atoms with Crippen molar-refractivity contribution < 1.29 is 14.3 Å². The first kappa shape index (κ1) is 14.8. The molecular formula is C14H26N2O3. The minimum Gasteiger partial charge on any atom is -0.366 e. The van der Waals surface area contributed by atoms with Crippen molar-refractivity contribution in [1.82, 2.24) is 9.80 Å². The Morgan fingerprint density at radius 1 is 1.16 bits per heavy atom.